The standard InChI is InChI=1S/C17H22N2O4S/c1-12-5-6-14(24(21,22)19-17(2,3)4)9-15(12)16(20)18-10-13-7-8-23-11-13/h5-9,11,19H,10H2,1-4H3,(H,18,20). The molecule has 0 bridgehead atoms. The van der Waals surface area contributed by atoms with Gasteiger partial charge in [-0.3, -0.25) is 4.79 Å². The van der Waals surface area contributed by atoms with Crippen LogP contribution >= 0.6 is 0 Å². The van der Waals surface area contributed by atoms with Crippen molar-refractivity contribution in [1.82, 2.24) is 10.0 Å². The van der Waals surface area contributed by atoms with Crippen molar-refractivity contribution in [3.8, 4) is 0 Å². The molecule has 2 rings (SSSR count). The van der Waals surface area contributed by atoms with Crippen LogP contribution < -0.4 is 10.0 Å². The van der Waals surface area contributed by atoms with Gasteiger partial charge in [0, 0.05) is 23.2 Å². The van der Waals surface area contributed by atoms with Crippen LogP contribution in [-0.2, 0) is 16.6 Å². The predicted octanol–water partition coefficient (Wildman–Crippen LogP) is 2.59. The van der Waals surface area contributed by atoms with Crippen LogP contribution in [0.4, 0.5) is 0 Å². The van der Waals surface area contributed by atoms with Crippen LogP contribution in [-0.4, -0.2) is 19.9 Å². The zero-order valence-electron chi connectivity index (χ0n) is 14.2. The maximum absolute atomic E-state index is 12.4. The smallest absolute Gasteiger partial charge is 0.251 e. The lowest BCUT2D eigenvalue weighted by molar-refractivity contribution is 0.0950. The van der Waals surface area contributed by atoms with Crippen molar-refractivity contribution >= 4 is 15.9 Å². The van der Waals surface area contributed by atoms with Gasteiger partial charge in [0.1, 0.15) is 0 Å². The number of sulfonamides is 1. The fourth-order valence-corrected chi connectivity index (χ4v) is 3.59. The van der Waals surface area contributed by atoms with Crippen LogP contribution in [0.2, 0.25) is 0 Å². The molecule has 7 heteroatoms. The first-order chi connectivity index (χ1) is 11.1. The van der Waals surface area contributed by atoms with Crippen molar-refractivity contribution in [2.45, 2.75) is 44.7 Å². The number of amides is 1. The SMILES string of the molecule is Cc1ccc(S(=O)(=O)NC(C)(C)C)cc1C(=O)NCc1ccoc1. The minimum atomic E-state index is -3.69. The van der Waals surface area contributed by atoms with E-state index in [0.29, 0.717) is 17.7 Å². The molecule has 1 aromatic heterocycles. The summed E-state index contributed by atoms with van der Waals surface area (Å²) in [5.41, 5.74) is 1.26. The molecule has 0 aliphatic rings. The lowest BCUT2D eigenvalue weighted by atomic mass is 10.1. The lowest BCUT2D eigenvalue weighted by Gasteiger charge is -2.20. The van der Waals surface area contributed by atoms with Crippen LogP contribution in [0.3, 0.4) is 0 Å². The molecular formula is C17H22N2O4S. The molecule has 0 spiro atoms. The normalized spacial score (nSPS) is 12.2. The third kappa shape index (κ3) is 4.69. The van der Waals surface area contributed by atoms with Crippen LogP contribution in [0, 0.1) is 6.92 Å². The first-order valence-corrected chi connectivity index (χ1v) is 9.01. The molecule has 0 aliphatic heterocycles. The van der Waals surface area contributed by atoms with E-state index in [1.165, 1.54) is 18.4 Å². The quantitative estimate of drug-likeness (QED) is 0.867. The molecule has 6 nitrogen and oxygen atoms in total. The van der Waals surface area contributed by atoms with Crippen LogP contribution in [0.5, 0.6) is 0 Å². The van der Waals surface area contributed by atoms with Gasteiger partial charge in [-0.25, -0.2) is 13.1 Å². The number of hydrogen-bond donors (Lipinski definition) is 2. The highest BCUT2D eigenvalue weighted by Gasteiger charge is 2.23. The van der Waals surface area contributed by atoms with Gasteiger partial charge in [0.25, 0.3) is 5.91 Å². The maximum atomic E-state index is 12.4. The first-order valence-electron chi connectivity index (χ1n) is 7.52. The Balaban J connectivity index is 2.23. The number of furan rings is 1. The fourth-order valence-electron chi connectivity index (χ4n) is 2.15. The number of rotatable bonds is 5. The Morgan fingerprint density at radius 2 is 1.92 bits per heavy atom. The topological polar surface area (TPSA) is 88.4 Å². The summed E-state index contributed by atoms with van der Waals surface area (Å²) in [6, 6.07) is 6.27. The second kappa shape index (κ2) is 6.78. The number of nitrogens with one attached hydrogen (secondary N) is 2. The zero-order valence-corrected chi connectivity index (χ0v) is 15.0. The Bertz CT molecular complexity index is 819. The van der Waals surface area contributed by atoms with Gasteiger partial charge in [-0.1, -0.05) is 6.07 Å². The molecule has 0 aliphatic carbocycles. The number of hydrogen-bond acceptors (Lipinski definition) is 4. The van der Waals surface area contributed by atoms with Crippen molar-refractivity contribution in [2.75, 3.05) is 0 Å². The van der Waals surface area contributed by atoms with E-state index in [1.54, 1.807) is 46.1 Å². The number of carbonyl (C=O) groups is 1. The summed E-state index contributed by atoms with van der Waals surface area (Å²) in [6.45, 7) is 7.36. The molecule has 0 radical (unpaired) electrons. The Labute approximate surface area is 142 Å². The minimum Gasteiger partial charge on any atom is -0.472 e. The molecule has 1 aromatic carbocycles. The number of aryl methyl sites for hydroxylation is 1. The van der Waals surface area contributed by atoms with E-state index in [4.69, 9.17) is 4.42 Å². The molecule has 0 saturated carbocycles. The monoisotopic (exact) mass is 350 g/mol. The Kier molecular flexibility index (Phi) is 5.15. The average Bonchev–Trinajstić information content (AvgIpc) is 2.95. The molecule has 2 aromatic rings. The van der Waals surface area contributed by atoms with Gasteiger partial charge >= 0.3 is 0 Å². The van der Waals surface area contributed by atoms with Gasteiger partial charge in [-0.15, -0.1) is 0 Å². The van der Waals surface area contributed by atoms with Gasteiger partial charge in [-0.05, 0) is 51.5 Å². The van der Waals surface area contributed by atoms with Crippen LogP contribution in [0.15, 0.2) is 46.1 Å². The Morgan fingerprint density at radius 3 is 2.50 bits per heavy atom. The molecule has 0 unspecified atom stereocenters. The summed E-state index contributed by atoms with van der Waals surface area (Å²) in [4.78, 5) is 12.4. The van der Waals surface area contributed by atoms with Gasteiger partial charge in [0.15, 0.2) is 0 Å². The van der Waals surface area contributed by atoms with Gasteiger partial charge in [0.2, 0.25) is 10.0 Å². The predicted molar refractivity (Wildman–Crippen MR) is 91.1 cm³/mol. The lowest BCUT2D eigenvalue weighted by Crippen LogP contribution is -2.40. The summed E-state index contributed by atoms with van der Waals surface area (Å²) in [6.07, 6.45) is 3.07. The van der Waals surface area contributed by atoms with Crippen molar-refractivity contribution in [3.05, 3.63) is 53.5 Å². The van der Waals surface area contributed by atoms with Crippen molar-refractivity contribution in [2.24, 2.45) is 0 Å². The van der Waals surface area contributed by atoms with Crippen molar-refractivity contribution in [1.29, 1.82) is 0 Å². The fraction of sp³-hybridized carbons (Fsp3) is 0.353. The average molecular weight is 350 g/mol. The summed E-state index contributed by atoms with van der Waals surface area (Å²) in [7, 11) is -3.69. The Morgan fingerprint density at radius 1 is 1.21 bits per heavy atom. The van der Waals surface area contributed by atoms with Crippen molar-refractivity contribution < 1.29 is 17.6 Å². The summed E-state index contributed by atoms with van der Waals surface area (Å²) >= 11 is 0. The Hall–Kier alpha value is -2.12. The van der Waals surface area contributed by atoms with Gasteiger partial charge in [0.05, 0.1) is 17.4 Å². The zero-order chi connectivity index (χ0) is 18.0. The van der Waals surface area contributed by atoms with E-state index in [2.05, 4.69) is 10.0 Å². The molecule has 0 saturated heterocycles. The molecule has 0 atom stereocenters. The summed E-state index contributed by atoms with van der Waals surface area (Å²) in [5, 5.41) is 2.75. The maximum Gasteiger partial charge on any atom is 0.251 e. The number of benzene rings is 1. The molecular weight excluding hydrogens is 328 g/mol. The van der Waals surface area contributed by atoms with Crippen LogP contribution in [0.1, 0.15) is 42.3 Å². The second-order valence-corrected chi connectivity index (χ2v) is 8.33. The molecule has 1 amide bonds. The molecule has 130 valence electrons. The molecule has 2 N–H and O–H groups in total. The summed E-state index contributed by atoms with van der Waals surface area (Å²) < 4.78 is 32.4. The van der Waals surface area contributed by atoms with Gasteiger partial charge < -0.3 is 9.73 Å². The minimum absolute atomic E-state index is 0.0662. The van der Waals surface area contributed by atoms with E-state index in [9.17, 15) is 13.2 Å². The molecule has 1 heterocycles. The number of carbonyl (C=O) groups excluding carboxylic acids is 1. The summed E-state index contributed by atoms with van der Waals surface area (Å²) in [5.74, 6) is -0.332. The van der Waals surface area contributed by atoms with E-state index < -0.39 is 15.6 Å². The van der Waals surface area contributed by atoms with E-state index in [1.807, 2.05) is 0 Å². The third-order valence-electron chi connectivity index (χ3n) is 3.24. The first kappa shape index (κ1) is 18.2. The highest BCUT2D eigenvalue weighted by atomic mass is 32.2. The van der Waals surface area contributed by atoms with Crippen molar-refractivity contribution in [3.63, 3.8) is 0 Å². The molecule has 24 heavy (non-hydrogen) atoms. The highest BCUT2D eigenvalue weighted by molar-refractivity contribution is 7.89. The van der Waals surface area contributed by atoms with E-state index >= 15 is 0 Å². The van der Waals surface area contributed by atoms with Gasteiger partial charge in [-0.2, -0.15) is 0 Å². The second-order valence-electron chi connectivity index (χ2n) is 6.65. The van der Waals surface area contributed by atoms with Crippen LogP contribution in [0.25, 0.3) is 0 Å². The third-order valence-corrected chi connectivity index (χ3v) is 4.99. The molecule has 0 fully saturated rings. The van der Waals surface area contributed by atoms with E-state index in [-0.39, 0.29) is 10.8 Å². The van der Waals surface area contributed by atoms with E-state index in [0.717, 1.165) is 5.56 Å². The highest BCUT2D eigenvalue weighted by Crippen LogP contribution is 2.18. The largest absolute Gasteiger partial charge is 0.472 e.